The van der Waals surface area contributed by atoms with Gasteiger partial charge in [-0.2, -0.15) is 10.5 Å². The smallest absolute Gasteiger partial charge is 0.254 e. The van der Waals surface area contributed by atoms with Crippen LogP contribution >= 0.6 is 0 Å². The first-order valence-corrected chi connectivity index (χ1v) is 33.4. The second kappa shape index (κ2) is 25.1. The van der Waals surface area contributed by atoms with E-state index in [1.165, 1.54) is 24.5 Å². The number of primary sulfonamides is 1. The molecule has 0 aliphatic carbocycles. The number of piperazine rings is 2. The number of carbonyl (C=O) groups is 2. The summed E-state index contributed by atoms with van der Waals surface area (Å²) in [6.45, 7) is 20.2. The molecule has 5 heterocycles. The van der Waals surface area contributed by atoms with Crippen LogP contribution in [0.4, 0.5) is 43.0 Å². The van der Waals surface area contributed by atoms with Crippen molar-refractivity contribution < 1.29 is 31.0 Å². The lowest BCUT2D eigenvalue weighted by Gasteiger charge is -2.42. The normalized spacial score (nSPS) is 18.6. The van der Waals surface area contributed by atoms with Gasteiger partial charge in [-0.05, 0) is 169 Å². The minimum Gasteiger partial charge on any atom is -0.382 e. The summed E-state index contributed by atoms with van der Waals surface area (Å²) in [5.41, 5.74) is 11.8. The predicted molar refractivity (Wildman–Crippen MR) is 343 cm³/mol. The molecule has 4 fully saturated rings. The molecule has 1 aromatic heterocycles. The maximum Gasteiger partial charge on any atom is 0.254 e. The third kappa shape index (κ3) is 12.4. The highest BCUT2D eigenvalue weighted by Gasteiger charge is 2.37. The van der Waals surface area contributed by atoms with Gasteiger partial charge in [-0.1, -0.05) is 24.3 Å². The molecule has 1 unspecified atom stereocenters. The number of aromatic nitrogens is 1. The third-order valence-corrected chi connectivity index (χ3v) is 20.3. The van der Waals surface area contributed by atoms with Crippen molar-refractivity contribution in [1.29, 1.82) is 15.3 Å². The molecule has 0 saturated carbocycles. The Balaban J connectivity index is 0.810. The van der Waals surface area contributed by atoms with Gasteiger partial charge in [0.2, 0.25) is 10.0 Å². The molecular formula is C66H77F2N13O5S2. The minimum atomic E-state index is -4.40. The zero-order valence-corrected chi connectivity index (χ0v) is 53.1. The van der Waals surface area contributed by atoms with Gasteiger partial charge in [0.25, 0.3) is 11.8 Å². The first kappa shape index (κ1) is 62.7. The van der Waals surface area contributed by atoms with E-state index in [-0.39, 0.29) is 71.2 Å². The number of hydrogen-bond acceptors (Lipinski definition) is 15. The number of amides is 2. The van der Waals surface area contributed by atoms with Crippen LogP contribution in [0.3, 0.4) is 0 Å². The Morgan fingerprint density at radius 3 is 1.65 bits per heavy atom. The van der Waals surface area contributed by atoms with Crippen molar-refractivity contribution in [3.63, 3.8) is 0 Å². The van der Waals surface area contributed by atoms with E-state index in [4.69, 9.17) is 9.92 Å². The summed E-state index contributed by atoms with van der Waals surface area (Å²) in [5.74, 6) is -1.18. The molecule has 4 saturated heterocycles. The average molecular weight is 1230 g/mol. The fourth-order valence-corrected chi connectivity index (χ4v) is 15.8. The number of piperidine rings is 2. The summed E-state index contributed by atoms with van der Waals surface area (Å²) >= 11 is 0. The number of sulfonamides is 1. The molecule has 4 aliphatic heterocycles. The van der Waals surface area contributed by atoms with Gasteiger partial charge < -0.3 is 40.0 Å². The molecule has 4 aliphatic rings. The zero-order chi connectivity index (χ0) is 63.3. The number of carbonyl (C=O) groups excluding carboxylic acids is 2. The van der Waals surface area contributed by atoms with E-state index >= 15 is 0 Å². The summed E-state index contributed by atoms with van der Waals surface area (Å²) in [5, 5.41) is 33.7. The molecule has 88 heavy (non-hydrogen) atoms. The van der Waals surface area contributed by atoms with Crippen molar-refractivity contribution in [2.45, 2.75) is 115 Å². The van der Waals surface area contributed by atoms with E-state index in [0.29, 0.717) is 103 Å². The molecule has 22 heteroatoms. The molecule has 0 bridgehead atoms. The van der Waals surface area contributed by atoms with Crippen LogP contribution in [0.1, 0.15) is 105 Å². The summed E-state index contributed by atoms with van der Waals surface area (Å²) in [6, 6.07) is 23.7. The Morgan fingerprint density at radius 2 is 1.14 bits per heavy atom. The molecule has 462 valence electrons. The van der Waals surface area contributed by atoms with Crippen LogP contribution in [0.25, 0.3) is 11.1 Å². The van der Waals surface area contributed by atoms with Crippen LogP contribution in [-0.4, -0.2) is 135 Å². The van der Waals surface area contributed by atoms with Gasteiger partial charge in [-0.25, -0.2) is 36.3 Å². The summed E-state index contributed by atoms with van der Waals surface area (Å²) in [7, 11) is -7.77. The van der Waals surface area contributed by atoms with Crippen molar-refractivity contribution >= 4 is 65.8 Å². The van der Waals surface area contributed by atoms with Gasteiger partial charge in [0.05, 0.1) is 37.9 Å². The Bertz CT molecular complexity index is 4080. The Hall–Kier alpha value is -8.31. The third-order valence-electron chi connectivity index (χ3n) is 18.2. The molecule has 18 nitrogen and oxygen atoms in total. The monoisotopic (exact) mass is 1230 g/mol. The van der Waals surface area contributed by atoms with Crippen molar-refractivity contribution in [1.82, 2.24) is 14.8 Å². The van der Waals surface area contributed by atoms with Gasteiger partial charge >= 0.3 is 0 Å². The lowest BCUT2D eigenvalue weighted by Crippen LogP contribution is -2.54. The molecule has 5 aromatic carbocycles. The topological polar surface area (TPSA) is 239 Å². The van der Waals surface area contributed by atoms with Crippen LogP contribution in [0, 0.1) is 80.6 Å². The second-order valence-electron chi connectivity index (χ2n) is 24.3. The number of nitriles is 2. The van der Waals surface area contributed by atoms with E-state index in [9.17, 15) is 41.5 Å². The van der Waals surface area contributed by atoms with Gasteiger partial charge in [-0.15, -0.1) is 0 Å². The molecular weight excluding hydrogens is 1160 g/mol. The zero-order valence-electron chi connectivity index (χ0n) is 51.4. The number of hydrogen-bond donors (Lipinski definition) is 4. The molecule has 0 radical (unpaired) electrons. The summed E-state index contributed by atoms with van der Waals surface area (Å²) in [4.78, 5) is 45.4. The largest absolute Gasteiger partial charge is 0.382 e. The highest BCUT2D eigenvalue weighted by Crippen LogP contribution is 2.40. The number of halogens is 2. The molecule has 5 N–H and O–H groups in total. The number of anilines is 6. The molecule has 6 aromatic rings. The van der Waals surface area contributed by atoms with Crippen LogP contribution in [0.5, 0.6) is 0 Å². The number of pyridine rings is 1. The molecule has 0 spiro atoms. The van der Waals surface area contributed by atoms with Crippen molar-refractivity contribution in [2.75, 3.05) is 102 Å². The number of benzene rings is 5. The fraction of sp³-hybridized carbons (Fsp3) is 0.409. The lowest BCUT2D eigenvalue weighted by atomic mass is 9.94. The number of nitrogens with zero attached hydrogens (tertiary/aromatic N) is 9. The Morgan fingerprint density at radius 1 is 0.614 bits per heavy atom. The van der Waals surface area contributed by atoms with Crippen LogP contribution in [0.2, 0.25) is 0 Å². The van der Waals surface area contributed by atoms with E-state index in [2.05, 4.69) is 37.6 Å². The van der Waals surface area contributed by atoms with E-state index in [0.717, 1.165) is 63.3 Å². The highest BCUT2D eigenvalue weighted by atomic mass is 32.2. The predicted octanol–water partition coefficient (Wildman–Crippen LogP) is 10.2. The number of nitrogens with two attached hydrogens (primary N) is 1. The second-order valence-corrected chi connectivity index (χ2v) is 27.9. The molecule has 10 rings (SSSR count). The van der Waals surface area contributed by atoms with Crippen molar-refractivity contribution in [3.8, 4) is 23.3 Å². The molecule has 2 amide bonds. The summed E-state index contributed by atoms with van der Waals surface area (Å²) in [6.07, 6.45) is 5.71. The first-order valence-electron chi connectivity index (χ1n) is 29.9. The first-order chi connectivity index (χ1) is 41.8. The van der Waals surface area contributed by atoms with Crippen molar-refractivity contribution in [2.24, 2.45) is 5.14 Å². The van der Waals surface area contributed by atoms with E-state index < -0.39 is 31.4 Å². The van der Waals surface area contributed by atoms with Gasteiger partial charge in [-0.3, -0.25) is 9.59 Å². The van der Waals surface area contributed by atoms with Gasteiger partial charge in [0, 0.05) is 130 Å². The minimum absolute atomic E-state index is 0.0217. The lowest BCUT2D eigenvalue weighted by molar-refractivity contribution is 0.0664. The SMILES string of the molecule is Cc1cc(C)c(C(=O)N2CCN(c3cccc(F)c3S(C)(=N)=O)C[C@@H]2C)c(C)c1NC1CCN(c2cc(-c3ccnc(N4CCN(C(=O)c5c(C)cc(C)c(NC6CCN(c7ccc(F)cc7C#N)CC6)c5C)[C@@H](C)C4)c3S(N)(=O)=O)ccc2C#N)CC1. The maximum absolute atomic E-state index is 15.0. The van der Waals surface area contributed by atoms with Crippen LogP contribution < -0.4 is 35.4 Å². The Labute approximate surface area is 515 Å². The van der Waals surface area contributed by atoms with Gasteiger partial charge in [0.15, 0.2) is 0 Å². The van der Waals surface area contributed by atoms with Crippen molar-refractivity contribution in [3.05, 3.63) is 146 Å². The number of nitrogens with one attached hydrogen (secondary N) is 3. The number of rotatable bonds is 13. The highest BCUT2D eigenvalue weighted by molar-refractivity contribution is 7.92. The van der Waals surface area contributed by atoms with Crippen LogP contribution in [0.15, 0.2) is 88.8 Å². The molecule has 3 atom stereocenters. The van der Waals surface area contributed by atoms with Crippen LogP contribution in [-0.2, 0) is 19.8 Å². The quantitative estimate of drug-likeness (QED) is 0.0842. The maximum atomic E-state index is 15.0. The Kier molecular flexibility index (Phi) is 17.9. The summed E-state index contributed by atoms with van der Waals surface area (Å²) < 4.78 is 77.6. The number of aryl methyl sites for hydroxylation is 4. The fourth-order valence-electron chi connectivity index (χ4n) is 13.9. The van der Waals surface area contributed by atoms with E-state index in [1.807, 2.05) is 93.2 Å². The van der Waals surface area contributed by atoms with E-state index in [1.54, 1.807) is 42.6 Å². The standard InChI is InChI=1S/C66H77F2N13O5S2/c1-39-31-42(4)61(45(7)58(39)65(82)80-29-27-78(37-43(80)5)56-12-10-11-54(68)63(56)87(9,71)84)75-52-20-25-77(26-21-52)57-34-47(13-14-48(57)35-69)53-17-22-73-64(62(53)88(72,85)86)79-28-30-81(44(6)38-79)66(83)59-40(2)32-41(3)60(46(59)8)74-51-18-23-76(24-19-51)55-16-15-50(67)33-49(55)36-70/h10-17,22,31-34,43-44,51-52,71,74-75H,18-21,23-30,37-38H2,1-9H3,(H2,72,85,86)/t43-,44-,87?/m0/s1. The average Bonchev–Trinajstić information content (AvgIpc) is 2.19. The van der Waals surface area contributed by atoms with Gasteiger partial charge in [0.1, 0.15) is 39.4 Å².